The summed E-state index contributed by atoms with van der Waals surface area (Å²) in [5.41, 5.74) is 2.00. The van der Waals surface area contributed by atoms with Crippen molar-refractivity contribution in [2.24, 2.45) is 0 Å². The standard InChI is InChI=1S/C19H24N4O4/c1-6-26-14-9-8-13(10-15(14)25-5)17-16(18(24)27-7-2)11(3)20-19-21-12(4)22-23(17)19/h8-10,17H,6-7H2,1-5H3,(H,20,21,22)/t17-/m1/s1. The second kappa shape index (κ2) is 7.69. The number of aryl methyl sites for hydroxylation is 1. The third-order valence-electron chi connectivity index (χ3n) is 4.26. The fourth-order valence-corrected chi connectivity index (χ4v) is 3.17. The molecule has 0 fully saturated rings. The van der Waals surface area contributed by atoms with Crippen LogP contribution in [0.2, 0.25) is 0 Å². The zero-order chi connectivity index (χ0) is 19.6. The van der Waals surface area contributed by atoms with Crippen LogP contribution in [0.1, 0.15) is 38.2 Å². The van der Waals surface area contributed by atoms with Crippen LogP contribution in [0.5, 0.6) is 11.5 Å². The van der Waals surface area contributed by atoms with Crippen LogP contribution in [-0.4, -0.2) is 41.1 Å². The number of methoxy groups -OCH3 is 1. The molecule has 1 atom stereocenters. The molecule has 0 bridgehead atoms. The van der Waals surface area contributed by atoms with E-state index in [4.69, 9.17) is 14.2 Å². The number of benzene rings is 1. The van der Waals surface area contributed by atoms with Gasteiger partial charge in [-0.15, -0.1) is 0 Å². The lowest BCUT2D eigenvalue weighted by Crippen LogP contribution is -2.29. The van der Waals surface area contributed by atoms with E-state index >= 15 is 0 Å². The maximum absolute atomic E-state index is 12.7. The molecule has 0 aliphatic carbocycles. The van der Waals surface area contributed by atoms with Crippen molar-refractivity contribution in [2.75, 3.05) is 25.6 Å². The van der Waals surface area contributed by atoms with Crippen molar-refractivity contribution in [2.45, 2.75) is 33.7 Å². The number of nitrogens with zero attached hydrogens (tertiary/aromatic N) is 3. The monoisotopic (exact) mass is 372 g/mol. The van der Waals surface area contributed by atoms with Crippen molar-refractivity contribution in [3.05, 3.63) is 40.9 Å². The number of aromatic nitrogens is 3. The Bertz CT molecular complexity index is 888. The first-order chi connectivity index (χ1) is 13.0. The Morgan fingerprint density at radius 2 is 2.00 bits per heavy atom. The van der Waals surface area contributed by atoms with E-state index in [-0.39, 0.29) is 12.6 Å². The molecule has 0 unspecified atom stereocenters. The van der Waals surface area contributed by atoms with Gasteiger partial charge in [-0.3, -0.25) is 0 Å². The van der Waals surface area contributed by atoms with E-state index in [0.717, 1.165) is 5.56 Å². The summed E-state index contributed by atoms with van der Waals surface area (Å²) >= 11 is 0. The van der Waals surface area contributed by atoms with Crippen molar-refractivity contribution in [3.63, 3.8) is 0 Å². The molecule has 0 spiro atoms. The van der Waals surface area contributed by atoms with Crippen LogP contribution in [0.15, 0.2) is 29.5 Å². The number of esters is 1. The topological polar surface area (TPSA) is 87.5 Å². The average Bonchev–Trinajstić information content (AvgIpc) is 3.01. The highest BCUT2D eigenvalue weighted by Crippen LogP contribution is 2.39. The normalized spacial score (nSPS) is 15.8. The Morgan fingerprint density at radius 1 is 1.22 bits per heavy atom. The van der Waals surface area contributed by atoms with Crippen LogP contribution < -0.4 is 14.8 Å². The molecule has 1 aliphatic rings. The van der Waals surface area contributed by atoms with Gasteiger partial charge in [0.1, 0.15) is 11.9 Å². The lowest BCUT2D eigenvalue weighted by Gasteiger charge is -2.28. The molecule has 0 saturated carbocycles. The van der Waals surface area contributed by atoms with E-state index in [1.165, 1.54) is 0 Å². The highest BCUT2D eigenvalue weighted by Gasteiger charge is 2.35. The fourth-order valence-electron chi connectivity index (χ4n) is 3.17. The minimum absolute atomic E-state index is 0.290. The van der Waals surface area contributed by atoms with Gasteiger partial charge in [0, 0.05) is 5.70 Å². The highest BCUT2D eigenvalue weighted by atomic mass is 16.5. The summed E-state index contributed by atoms with van der Waals surface area (Å²) < 4.78 is 18.1. The number of allylic oxidation sites excluding steroid dienone is 1. The molecule has 2 heterocycles. The Balaban J connectivity index is 2.15. The predicted octanol–water partition coefficient (Wildman–Crippen LogP) is 2.85. The maximum atomic E-state index is 12.7. The van der Waals surface area contributed by atoms with Crippen molar-refractivity contribution in [3.8, 4) is 11.5 Å². The van der Waals surface area contributed by atoms with Gasteiger partial charge >= 0.3 is 5.97 Å². The maximum Gasteiger partial charge on any atom is 0.338 e. The summed E-state index contributed by atoms with van der Waals surface area (Å²) in [7, 11) is 1.59. The molecule has 8 nitrogen and oxygen atoms in total. The first kappa shape index (κ1) is 18.8. The molecule has 1 N–H and O–H groups in total. The van der Waals surface area contributed by atoms with Gasteiger partial charge in [-0.25, -0.2) is 9.48 Å². The number of hydrogen-bond acceptors (Lipinski definition) is 7. The number of nitrogens with one attached hydrogen (secondary N) is 1. The van der Waals surface area contributed by atoms with Gasteiger partial charge in [-0.1, -0.05) is 6.07 Å². The number of carbonyl (C=O) groups is 1. The first-order valence-corrected chi connectivity index (χ1v) is 8.88. The lowest BCUT2D eigenvalue weighted by atomic mass is 9.95. The summed E-state index contributed by atoms with van der Waals surface area (Å²) in [4.78, 5) is 17.1. The Labute approximate surface area is 158 Å². The third-order valence-corrected chi connectivity index (χ3v) is 4.26. The molecular weight excluding hydrogens is 348 g/mol. The van der Waals surface area contributed by atoms with Crippen LogP contribution in [0, 0.1) is 6.92 Å². The summed E-state index contributed by atoms with van der Waals surface area (Å²) in [5.74, 6) is 2.03. The Morgan fingerprint density at radius 3 is 2.67 bits per heavy atom. The van der Waals surface area contributed by atoms with Gasteiger partial charge in [0.05, 0.1) is 25.9 Å². The SMILES string of the molecule is CCOC(=O)C1=C(C)Nc2nc(C)nn2[C@@H]1c1ccc(OCC)c(OC)c1. The Kier molecular flexibility index (Phi) is 5.34. The van der Waals surface area contributed by atoms with E-state index in [2.05, 4.69) is 15.4 Å². The van der Waals surface area contributed by atoms with E-state index in [0.29, 0.717) is 41.1 Å². The van der Waals surface area contributed by atoms with Crippen LogP contribution in [0.4, 0.5) is 5.95 Å². The number of hydrogen-bond donors (Lipinski definition) is 1. The van der Waals surface area contributed by atoms with Crippen LogP contribution >= 0.6 is 0 Å². The lowest BCUT2D eigenvalue weighted by molar-refractivity contribution is -0.139. The summed E-state index contributed by atoms with van der Waals surface area (Å²) in [6.07, 6.45) is 0. The van der Waals surface area contributed by atoms with Crippen LogP contribution in [0.25, 0.3) is 0 Å². The molecular formula is C19H24N4O4. The van der Waals surface area contributed by atoms with E-state index in [1.54, 1.807) is 18.7 Å². The largest absolute Gasteiger partial charge is 0.493 e. The second-order valence-corrected chi connectivity index (χ2v) is 6.06. The van der Waals surface area contributed by atoms with E-state index in [1.807, 2.05) is 39.0 Å². The molecule has 8 heteroatoms. The van der Waals surface area contributed by atoms with Gasteiger partial charge in [-0.2, -0.15) is 10.1 Å². The first-order valence-electron chi connectivity index (χ1n) is 8.88. The minimum atomic E-state index is -0.480. The number of ether oxygens (including phenoxy) is 3. The molecule has 3 rings (SSSR count). The smallest absolute Gasteiger partial charge is 0.338 e. The van der Waals surface area contributed by atoms with Crippen LogP contribution in [0.3, 0.4) is 0 Å². The van der Waals surface area contributed by atoms with Crippen LogP contribution in [-0.2, 0) is 9.53 Å². The zero-order valence-corrected chi connectivity index (χ0v) is 16.2. The molecule has 1 aliphatic heterocycles. The van der Waals surface area contributed by atoms with E-state index in [9.17, 15) is 4.79 Å². The minimum Gasteiger partial charge on any atom is -0.493 e. The average molecular weight is 372 g/mol. The number of rotatable bonds is 6. The van der Waals surface area contributed by atoms with E-state index < -0.39 is 6.04 Å². The highest BCUT2D eigenvalue weighted by molar-refractivity contribution is 5.92. The number of fused-ring (bicyclic) bond motifs is 1. The fraction of sp³-hybridized carbons (Fsp3) is 0.421. The molecule has 0 saturated heterocycles. The predicted molar refractivity (Wildman–Crippen MR) is 100 cm³/mol. The number of carbonyl (C=O) groups excluding carboxylic acids is 1. The Hall–Kier alpha value is -3.03. The van der Waals surface area contributed by atoms with Gasteiger partial charge < -0.3 is 19.5 Å². The quantitative estimate of drug-likeness (QED) is 0.780. The van der Waals surface area contributed by atoms with Gasteiger partial charge in [0.2, 0.25) is 5.95 Å². The molecule has 144 valence electrons. The third kappa shape index (κ3) is 3.47. The molecule has 2 aromatic rings. The van der Waals surface area contributed by atoms with Crippen molar-refractivity contribution in [1.29, 1.82) is 0 Å². The number of anilines is 1. The molecule has 0 amide bonds. The molecule has 27 heavy (non-hydrogen) atoms. The van der Waals surface area contributed by atoms with Crippen molar-refractivity contribution < 1.29 is 19.0 Å². The van der Waals surface area contributed by atoms with Gasteiger partial charge in [-0.05, 0) is 45.4 Å². The summed E-state index contributed by atoms with van der Waals surface area (Å²) in [6.45, 7) is 8.15. The molecule has 0 radical (unpaired) electrons. The zero-order valence-electron chi connectivity index (χ0n) is 16.2. The van der Waals surface area contributed by atoms with Crippen molar-refractivity contribution in [1.82, 2.24) is 14.8 Å². The van der Waals surface area contributed by atoms with Gasteiger partial charge in [0.25, 0.3) is 0 Å². The second-order valence-electron chi connectivity index (χ2n) is 6.06. The molecule has 1 aromatic heterocycles. The van der Waals surface area contributed by atoms with Crippen molar-refractivity contribution >= 4 is 11.9 Å². The molecule has 1 aromatic carbocycles. The summed E-state index contributed by atoms with van der Waals surface area (Å²) in [6, 6.07) is 5.11. The summed E-state index contributed by atoms with van der Waals surface area (Å²) in [5, 5.41) is 7.62. The van der Waals surface area contributed by atoms with Gasteiger partial charge in [0.15, 0.2) is 11.5 Å².